The van der Waals surface area contributed by atoms with Crippen LogP contribution in [0.5, 0.6) is 5.75 Å². The molecule has 1 heterocycles. The first-order chi connectivity index (χ1) is 11.7. The van der Waals surface area contributed by atoms with E-state index >= 15 is 0 Å². The Morgan fingerprint density at radius 3 is 2.71 bits per heavy atom. The van der Waals surface area contributed by atoms with Gasteiger partial charge in [0.1, 0.15) is 17.6 Å². The normalized spacial score (nSPS) is 16.6. The highest BCUT2D eigenvalue weighted by molar-refractivity contribution is 5.79. The number of aryl methyl sites for hydroxylation is 1. The smallest absolute Gasteiger partial charge is 0.223 e. The Bertz CT molecular complexity index is 689. The monoisotopic (exact) mass is 327 g/mol. The van der Waals surface area contributed by atoms with Gasteiger partial charge in [0, 0.05) is 30.9 Å². The van der Waals surface area contributed by atoms with Crippen LogP contribution in [-0.2, 0) is 11.8 Å². The van der Waals surface area contributed by atoms with Crippen molar-refractivity contribution in [2.75, 3.05) is 7.11 Å². The van der Waals surface area contributed by atoms with E-state index in [1.807, 2.05) is 42.1 Å². The van der Waals surface area contributed by atoms with Crippen molar-refractivity contribution in [1.29, 1.82) is 0 Å². The lowest BCUT2D eigenvalue weighted by Crippen LogP contribution is -2.36. The van der Waals surface area contributed by atoms with Crippen LogP contribution in [0.4, 0.5) is 0 Å². The molecule has 0 saturated heterocycles. The molecule has 3 rings (SSSR count). The molecule has 1 aromatic heterocycles. The highest BCUT2D eigenvalue weighted by Crippen LogP contribution is 2.30. The molecule has 0 radical (unpaired) electrons. The Labute approximate surface area is 143 Å². The van der Waals surface area contributed by atoms with Gasteiger partial charge in [0.15, 0.2) is 0 Å². The number of rotatable bonds is 5. The lowest BCUT2D eigenvalue weighted by Gasteiger charge is -2.26. The van der Waals surface area contributed by atoms with E-state index in [0.717, 1.165) is 42.8 Å². The van der Waals surface area contributed by atoms with Gasteiger partial charge in [-0.25, -0.2) is 4.98 Å². The van der Waals surface area contributed by atoms with Crippen LogP contribution in [0.15, 0.2) is 36.7 Å². The molecule has 5 nitrogen and oxygen atoms in total. The van der Waals surface area contributed by atoms with Crippen LogP contribution in [0.1, 0.15) is 49.5 Å². The SMILES string of the molecule is COc1ccccc1C(NC(=O)C1CCCCC1)c1nccn1C. The maximum Gasteiger partial charge on any atom is 0.223 e. The summed E-state index contributed by atoms with van der Waals surface area (Å²) in [5, 5.41) is 3.22. The summed E-state index contributed by atoms with van der Waals surface area (Å²) < 4.78 is 7.45. The standard InChI is InChI=1S/C19H25N3O2/c1-22-13-12-20-18(22)17(15-10-6-7-11-16(15)24-2)21-19(23)14-8-4-3-5-9-14/h6-7,10-14,17H,3-5,8-9H2,1-2H3,(H,21,23). The zero-order valence-corrected chi connectivity index (χ0v) is 14.4. The lowest BCUT2D eigenvalue weighted by molar-refractivity contribution is -0.126. The second-order valence-electron chi connectivity index (χ2n) is 6.41. The molecule has 1 aliphatic rings. The minimum Gasteiger partial charge on any atom is -0.496 e. The molecule has 1 N–H and O–H groups in total. The van der Waals surface area contributed by atoms with E-state index in [1.54, 1.807) is 13.3 Å². The summed E-state index contributed by atoms with van der Waals surface area (Å²) in [6, 6.07) is 7.48. The summed E-state index contributed by atoms with van der Waals surface area (Å²) in [6.07, 6.45) is 9.11. The van der Waals surface area contributed by atoms with Crippen molar-refractivity contribution in [3.63, 3.8) is 0 Å². The zero-order valence-electron chi connectivity index (χ0n) is 14.4. The quantitative estimate of drug-likeness (QED) is 0.917. The van der Waals surface area contributed by atoms with E-state index < -0.39 is 0 Å². The summed E-state index contributed by atoms with van der Waals surface area (Å²) in [5.74, 6) is 1.79. The van der Waals surface area contributed by atoms with Gasteiger partial charge in [0.2, 0.25) is 5.91 Å². The molecule has 5 heteroatoms. The second-order valence-corrected chi connectivity index (χ2v) is 6.41. The number of para-hydroxylation sites is 1. The van der Waals surface area contributed by atoms with Crippen molar-refractivity contribution in [2.24, 2.45) is 13.0 Å². The molecular weight excluding hydrogens is 302 g/mol. The maximum absolute atomic E-state index is 12.8. The predicted octanol–water partition coefficient (Wildman–Crippen LogP) is 3.21. The van der Waals surface area contributed by atoms with Crippen molar-refractivity contribution in [3.8, 4) is 5.75 Å². The largest absolute Gasteiger partial charge is 0.496 e. The van der Waals surface area contributed by atoms with Crippen LogP contribution in [0.2, 0.25) is 0 Å². The van der Waals surface area contributed by atoms with Crippen molar-refractivity contribution in [2.45, 2.75) is 38.1 Å². The summed E-state index contributed by atoms with van der Waals surface area (Å²) in [4.78, 5) is 17.3. The number of benzene rings is 1. The number of hydrogen-bond acceptors (Lipinski definition) is 3. The van der Waals surface area contributed by atoms with Gasteiger partial charge in [0.25, 0.3) is 0 Å². The van der Waals surface area contributed by atoms with Crippen LogP contribution in [-0.4, -0.2) is 22.6 Å². The van der Waals surface area contributed by atoms with Gasteiger partial charge in [-0.3, -0.25) is 4.79 Å². The maximum atomic E-state index is 12.8. The molecule has 24 heavy (non-hydrogen) atoms. The fraction of sp³-hybridized carbons (Fsp3) is 0.474. The number of hydrogen-bond donors (Lipinski definition) is 1. The van der Waals surface area contributed by atoms with Gasteiger partial charge >= 0.3 is 0 Å². The number of imidazole rings is 1. The Kier molecular flexibility index (Phi) is 5.18. The Morgan fingerprint density at radius 1 is 1.29 bits per heavy atom. The highest BCUT2D eigenvalue weighted by Gasteiger charge is 2.28. The van der Waals surface area contributed by atoms with Crippen LogP contribution in [0, 0.1) is 5.92 Å². The van der Waals surface area contributed by atoms with E-state index in [4.69, 9.17) is 4.74 Å². The summed E-state index contributed by atoms with van der Waals surface area (Å²) in [5.41, 5.74) is 0.929. The third-order valence-electron chi connectivity index (χ3n) is 4.83. The second kappa shape index (κ2) is 7.51. The van der Waals surface area contributed by atoms with E-state index in [-0.39, 0.29) is 17.9 Å². The average Bonchev–Trinajstić information content (AvgIpc) is 3.06. The number of aromatic nitrogens is 2. The molecular formula is C19H25N3O2. The van der Waals surface area contributed by atoms with E-state index in [1.165, 1.54) is 6.42 Å². The molecule has 128 valence electrons. The lowest BCUT2D eigenvalue weighted by atomic mass is 9.88. The van der Waals surface area contributed by atoms with Crippen molar-refractivity contribution in [1.82, 2.24) is 14.9 Å². The van der Waals surface area contributed by atoms with Crippen molar-refractivity contribution < 1.29 is 9.53 Å². The topological polar surface area (TPSA) is 56.1 Å². The zero-order chi connectivity index (χ0) is 16.9. The molecule has 0 bridgehead atoms. The molecule has 1 unspecified atom stereocenters. The molecule has 1 amide bonds. The molecule has 1 aliphatic carbocycles. The number of nitrogens with one attached hydrogen (secondary N) is 1. The van der Waals surface area contributed by atoms with Crippen LogP contribution >= 0.6 is 0 Å². The number of carbonyl (C=O) groups excluding carboxylic acids is 1. The summed E-state index contributed by atoms with van der Waals surface area (Å²) >= 11 is 0. The minimum absolute atomic E-state index is 0.108. The van der Waals surface area contributed by atoms with E-state index in [2.05, 4.69) is 10.3 Å². The summed E-state index contributed by atoms with van der Waals surface area (Å²) in [7, 11) is 3.59. The molecule has 1 saturated carbocycles. The molecule has 1 atom stereocenters. The highest BCUT2D eigenvalue weighted by atomic mass is 16.5. The van der Waals surface area contributed by atoms with Gasteiger partial charge in [-0.15, -0.1) is 0 Å². The van der Waals surface area contributed by atoms with Crippen LogP contribution < -0.4 is 10.1 Å². The molecule has 0 aliphatic heterocycles. The van der Waals surface area contributed by atoms with E-state index in [0.29, 0.717) is 0 Å². The van der Waals surface area contributed by atoms with Gasteiger partial charge < -0.3 is 14.6 Å². The van der Waals surface area contributed by atoms with Crippen molar-refractivity contribution >= 4 is 5.91 Å². The van der Waals surface area contributed by atoms with Gasteiger partial charge in [0.05, 0.1) is 7.11 Å². The van der Waals surface area contributed by atoms with Crippen molar-refractivity contribution in [3.05, 3.63) is 48.0 Å². The molecule has 2 aromatic rings. The Morgan fingerprint density at radius 2 is 2.04 bits per heavy atom. The van der Waals surface area contributed by atoms with Crippen LogP contribution in [0.25, 0.3) is 0 Å². The minimum atomic E-state index is -0.310. The third-order valence-corrected chi connectivity index (χ3v) is 4.83. The Hall–Kier alpha value is -2.30. The fourth-order valence-electron chi connectivity index (χ4n) is 3.47. The number of ether oxygens (including phenoxy) is 1. The third kappa shape index (κ3) is 3.45. The molecule has 1 aromatic carbocycles. The number of methoxy groups -OCH3 is 1. The number of amides is 1. The Balaban J connectivity index is 1.91. The van der Waals surface area contributed by atoms with Crippen LogP contribution in [0.3, 0.4) is 0 Å². The predicted molar refractivity (Wildman–Crippen MR) is 92.8 cm³/mol. The number of nitrogens with zero attached hydrogens (tertiary/aromatic N) is 2. The van der Waals surface area contributed by atoms with Gasteiger partial charge in [-0.2, -0.15) is 0 Å². The van der Waals surface area contributed by atoms with E-state index in [9.17, 15) is 4.79 Å². The van der Waals surface area contributed by atoms with Gasteiger partial charge in [-0.05, 0) is 18.9 Å². The first-order valence-corrected chi connectivity index (χ1v) is 8.61. The average molecular weight is 327 g/mol. The fourth-order valence-corrected chi connectivity index (χ4v) is 3.47. The summed E-state index contributed by atoms with van der Waals surface area (Å²) in [6.45, 7) is 0. The number of carbonyl (C=O) groups is 1. The van der Waals surface area contributed by atoms with Gasteiger partial charge in [-0.1, -0.05) is 37.5 Å². The first-order valence-electron chi connectivity index (χ1n) is 8.61. The molecule has 0 spiro atoms. The molecule has 1 fully saturated rings. The first kappa shape index (κ1) is 16.6.